The maximum atomic E-state index is 4.75. The molecular formula is C21H38N6. The molecule has 2 rings (SSSR count). The van der Waals surface area contributed by atoms with Crippen LogP contribution in [0, 0.1) is 0 Å². The van der Waals surface area contributed by atoms with Gasteiger partial charge in [-0.25, -0.2) is 9.98 Å². The van der Waals surface area contributed by atoms with Crippen molar-refractivity contribution in [2.24, 2.45) is 4.99 Å². The van der Waals surface area contributed by atoms with E-state index in [1.807, 2.05) is 6.20 Å². The molecule has 1 aliphatic rings. The molecule has 0 unspecified atom stereocenters. The minimum absolute atomic E-state index is 0.675. The number of piperazine rings is 1. The molecule has 0 bridgehead atoms. The van der Waals surface area contributed by atoms with Gasteiger partial charge in [0, 0.05) is 45.5 Å². The van der Waals surface area contributed by atoms with Crippen LogP contribution in [0.3, 0.4) is 0 Å². The summed E-state index contributed by atoms with van der Waals surface area (Å²) in [6.45, 7) is 14.6. The van der Waals surface area contributed by atoms with Gasteiger partial charge in [-0.3, -0.25) is 0 Å². The van der Waals surface area contributed by atoms with E-state index in [4.69, 9.17) is 4.99 Å². The van der Waals surface area contributed by atoms with E-state index >= 15 is 0 Å². The standard InChI is InChI=1S/C21H38N6/c1-4-7-8-9-11-24-21(22-5-2)25-18-19-10-12-23-20(17-19)27-15-13-26(6-3)14-16-27/h10,12,17H,4-9,11,13-16,18H2,1-3H3,(H2,22,24,25). The van der Waals surface area contributed by atoms with E-state index < -0.39 is 0 Å². The quantitative estimate of drug-likeness (QED) is 0.375. The summed E-state index contributed by atoms with van der Waals surface area (Å²) in [5.41, 5.74) is 1.21. The second kappa shape index (κ2) is 12.5. The van der Waals surface area contributed by atoms with E-state index in [0.717, 1.165) is 57.6 Å². The molecule has 2 N–H and O–H groups in total. The molecule has 152 valence electrons. The van der Waals surface area contributed by atoms with Gasteiger partial charge in [0.05, 0.1) is 6.54 Å². The highest BCUT2D eigenvalue weighted by atomic mass is 15.3. The summed E-state index contributed by atoms with van der Waals surface area (Å²) in [4.78, 5) is 14.2. The van der Waals surface area contributed by atoms with Crippen molar-refractivity contribution in [2.45, 2.75) is 53.0 Å². The highest BCUT2D eigenvalue weighted by Crippen LogP contribution is 2.15. The molecular weight excluding hydrogens is 336 g/mol. The molecule has 1 saturated heterocycles. The van der Waals surface area contributed by atoms with Gasteiger partial charge in [0.25, 0.3) is 0 Å². The van der Waals surface area contributed by atoms with E-state index in [0.29, 0.717) is 6.54 Å². The summed E-state index contributed by atoms with van der Waals surface area (Å²) in [5, 5.41) is 6.79. The number of pyridine rings is 1. The maximum absolute atomic E-state index is 4.75. The van der Waals surface area contributed by atoms with Crippen molar-refractivity contribution in [2.75, 3.05) is 50.7 Å². The first-order valence-electron chi connectivity index (χ1n) is 10.7. The van der Waals surface area contributed by atoms with E-state index in [1.165, 1.54) is 31.2 Å². The average Bonchev–Trinajstić information content (AvgIpc) is 2.72. The van der Waals surface area contributed by atoms with Crippen molar-refractivity contribution in [1.82, 2.24) is 20.5 Å². The number of hydrogen-bond donors (Lipinski definition) is 2. The Hall–Kier alpha value is -1.82. The van der Waals surface area contributed by atoms with Crippen LogP contribution in [-0.2, 0) is 6.54 Å². The van der Waals surface area contributed by atoms with Crippen LogP contribution in [0.2, 0.25) is 0 Å². The first-order valence-corrected chi connectivity index (χ1v) is 10.7. The van der Waals surface area contributed by atoms with Gasteiger partial charge in [-0.1, -0.05) is 33.1 Å². The van der Waals surface area contributed by atoms with Crippen LogP contribution in [0.15, 0.2) is 23.3 Å². The zero-order chi connectivity index (χ0) is 19.3. The molecule has 2 heterocycles. The number of anilines is 1. The van der Waals surface area contributed by atoms with Crippen molar-refractivity contribution in [3.05, 3.63) is 23.9 Å². The highest BCUT2D eigenvalue weighted by Gasteiger charge is 2.16. The molecule has 27 heavy (non-hydrogen) atoms. The molecule has 1 fully saturated rings. The zero-order valence-corrected chi connectivity index (χ0v) is 17.5. The molecule has 6 heteroatoms. The van der Waals surface area contributed by atoms with Crippen molar-refractivity contribution < 1.29 is 0 Å². The molecule has 1 aliphatic heterocycles. The lowest BCUT2D eigenvalue weighted by molar-refractivity contribution is 0.270. The maximum Gasteiger partial charge on any atom is 0.191 e. The van der Waals surface area contributed by atoms with Gasteiger partial charge in [0.2, 0.25) is 0 Å². The third kappa shape index (κ3) is 7.75. The third-order valence-corrected chi connectivity index (χ3v) is 5.04. The Labute approximate surface area is 165 Å². The largest absolute Gasteiger partial charge is 0.357 e. The van der Waals surface area contributed by atoms with Crippen LogP contribution in [0.25, 0.3) is 0 Å². The first-order chi connectivity index (χ1) is 13.3. The normalized spacial score (nSPS) is 15.8. The number of nitrogens with zero attached hydrogens (tertiary/aromatic N) is 4. The van der Waals surface area contributed by atoms with Crippen molar-refractivity contribution in [3.8, 4) is 0 Å². The molecule has 0 amide bonds. The van der Waals surface area contributed by atoms with E-state index in [9.17, 15) is 0 Å². The minimum atomic E-state index is 0.675. The first kappa shape index (κ1) is 21.5. The van der Waals surface area contributed by atoms with Crippen molar-refractivity contribution >= 4 is 11.8 Å². The Morgan fingerprint density at radius 1 is 1.07 bits per heavy atom. The topological polar surface area (TPSA) is 55.8 Å². The number of nitrogens with one attached hydrogen (secondary N) is 2. The fraction of sp³-hybridized carbons (Fsp3) is 0.714. The summed E-state index contributed by atoms with van der Waals surface area (Å²) >= 11 is 0. The lowest BCUT2D eigenvalue weighted by Gasteiger charge is -2.34. The number of hydrogen-bond acceptors (Lipinski definition) is 4. The smallest absolute Gasteiger partial charge is 0.191 e. The highest BCUT2D eigenvalue weighted by molar-refractivity contribution is 5.79. The van der Waals surface area contributed by atoms with Gasteiger partial charge < -0.3 is 20.4 Å². The van der Waals surface area contributed by atoms with Crippen molar-refractivity contribution in [1.29, 1.82) is 0 Å². The number of aliphatic imine (C=N–C) groups is 1. The van der Waals surface area contributed by atoms with Crippen LogP contribution < -0.4 is 15.5 Å². The second-order valence-corrected chi connectivity index (χ2v) is 7.13. The number of rotatable bonds is 10. The van der Waals surface area contributed by atoms with Gasteiger partial charge in [-0.2, -0.15) is 0 Å². The van der Waals surface area contributed by atoms with Crippen LogP contribution in [0.5, 0.6) is 0 Å². The molecule has 0 spiro atoms. The van der Waals surface area contributed by atoms with E-state index in [-0.39, 0.29) is 0 Å². The van der Waals surface area contributed by atoms with E-state index in [1.54, 1.807) is 0 Å². The van der Waals surface area contributed by atoms with Crippen LogP contribution in [0.1, 0.15) is 52.0 Å². The zero-order valence-electron chi connectivity index (χ0n) is 17.5. The van der Waals surface area contributed by atoms with Crippen LogP contribution in [-0.4, -0.2) is 61.7 Å². The molecule has 0 aliphatic carbocycles. The van der Waals surface area contributed by atoms with Gasteiger partial charge in [-0.05, 0) is 37.6 Å². The van der Waals surface area contributed by atoms with E-state index in [2.05, 4.69) is 58.3 Å². The summed E-state index contributed by atoms with van der Waals surface area (Å²) < 4.78 is 0. The molecule has 0 atom stereocenters. The Balaban J connectivity index is 1.88. The lowest BCUT2D eigenvalue weighted by atomic mass is 10.2. The van der Waals surface area contributed by atoms with Crippen LogP contribution in [0.4, 0.5) is 5.82 Å². The lowest BCUT2D eigenvalue weighted by Crippen LogP contribution is -2.46. The Morgan fingerprint density at radius 3 is 2.59 bits per heavy atom. The minimum Gasteiger partial charge on any atom is -0.357 e. The predicted molar refractivity (Wildman–Crippen MR) is 116 cm³/mol. The summed E-state index contributed by atoms with van der Waals surface area (Å²) in [6, 6.07) is 4.26. The summed E-state index contributed by atoms with van der Waals surface area (Å²) in [6.07, 6.45) is 6.97. The average molecular weight is 375 g/mol. The molecule has 0 aromatic carbocycles. The molecule has 6 nitrogen and oxygen atoms in total. The van der Waals surface area contributed by atoms with Crippen LogP contribution >= 0.6 is 0 Å². The SMILES string of the molecule is CCCCCCNC(=NCc1ccnc(N2CCN(CC)CC2)c1)NCC. The predicted octanol–water partition coefficient (Wildman–Crippen LogP) is 2.86. The fourth-order valence-corrected chi connectivity index (χ4v) is 3.30. The van der Waals surface area contributed by atoms with Gasteiger partial charge in [0.1, 0.15) is 5.82 Å². The number of guanidine groups is 1. The molecule has 0 radical (unpaired) electrons. The third-order valence-electron chi connectivity index (χ3n) is 5.04. The molecule has 0 saturated carbocycles. The Morgan fingerprint density at radius 2 is 1.89 bits per heavy atom. The van der Waals surface area contributed by atoms with Gasteiger partial charge >= 0.3 is 0 Å². The van der Waals surface area contributed by atoms with Gasteiger partial charge in [-0.15, -0.1) is 0 Å². The Kier molecular flexibility index (Phi) is 9.98. The van der Waals surface area contributed by atoms with Gasteiger partial charge in [0.15, 0.2) is 5.96 Å². The number of aromatic nitrogens is 1. The number of unbranched alkanes of at least 4 members (excludes halogenated alkanes) is 3. The molecule has 1 aromatic heterocycles. The Bertz CT molecular complexity index is 551. The number of likely N-dealkylation sites (N-methyl/N-ethyl adjacent to an activating group) is 1. The summed E-state index contributed by atoms with van der Waals surface area (Å²) in [7, 11) is 0. The van der Waals surface area contributed by atoms with Crippen molar-refractivity contribution in [3.63, 3.8) is 0 Å². The monoisotopic (exact) mass is 374 g/mol. The fourth-order valence-electron chi connectivity index (χ4n) is 3.30. The second-order valence-electron chi connectivity index (χ2n) is 7.13. The summed E-state index contributed by atoms with van der Waals surface area (Å²) in [5.74, 6) is 1.99. The molecule has 1 aromatic rings.